The zero-order valence-corrected chi connectivity index (χ0v) is 15.5. The molecule has 2 heterocycles. The highest BCUT2D eigenvalue weighted by molar-refractivity contribution is 5.55. The van der Waals surface area contributed by atoms with E-state index in [2.05, 4.69) is 41.4 Å². The molecule has 1 aliphatic carbocycles. The molecule has 2 fully saturated rings. The summed E-state index contributed by atoms with van der Waals surface area (Å²) >= 11 is 0. The molecule has 0 spiro atoms. The summed E-state index contributed by atoms with van der Waals surface area (Å²) in [7, 11) is 0. The number of aliphatic hydroxyl groups excluding tert-OH is 1. The van der Waals surface area contributed by atoms with Crippen LogP contribution in [0.15, 0.2) is 24.3 Å². The molecule has 3 aliphatic rings. The molecule has 1 saturated heterocycles. The van der Waals surface area contributed by atoms with Gasteiger partial charge in [-0.1, -0.05) is 18.2 Å². The number of benzene rings is 1. The third-order valence-electron chi connectivity index (χ3n) is 6.68. The summed E-state index contributed by atoms with van der Waals surface area (Å²) in [4.78, 5) is 2.50. The molecule has 0 amide bonds. The fourth-order valence-corrected chi connectivity index (χ4v) is 5.26. The molecule has 3 unspecified atom stereocenters. The van der Waals surface area contributed by atoms with Gasteiger partial charge in [0.2, 0.25) is 0 Å². The molecule has 4 heteroatoms. The highest BCUT2D eigenvalue weighted by atomic mass is 16.5. The lowest BCUT2D eigenvalue weighted by molar-refractivity contribution is -0.00308. The van der Waals surface area contributed by atoms with E-state index in [-0.39, 0.29) is 17.6 Å². The van der Waals surface area contributed by atoms with E-state index in [1.54, 1.807) is 0 Å². The van der Waals surface area contributed by atoms with E-state index < -0.39 is 0 Å². The van der Waals surface area contributed by atoms with Crippen molar-refractivity contribution >= 4 is 5.69 Å². The Bertz CT molecular complexity index is 607. The molecule has 1 aromatic carbocycles. The maximum atomic E-state index is 9.82. The van der Waals surface area contributed by atoms with Crippen LogP contribution < -0.4 is 10.2 Å². The Kier molecular flexibility index (Phi) is 4.78. The van der Waals surface area contributed by atoms with Crippen LogP contribution >= 0.6 is 0 Å². The summed E-state index contributed by atoms with van der Waals surface area (Å²) in [6.45, 7) is 6.35. The number of anilines is 1. The predicted molar refractivity (Wildman–Crippen MR) is 101 cm³/mol. The van der Waals surface area contributed by atoms with Gasteiger partial charge in [0.05, 0.1) is 18.8 Å². The van der Waals surface area contributed by atoms with E-state index in [0.717, 1.165) is 45.5 Å². The number of rotatable bonds is 5. The first-order valence-electron chi connectivity index (χ1n) is 10.0. The fraction of sp³-hybridized carbons (Fsp3) is 0.714. The molecule has 4 nitrogen and oxygen atoms in total. The van der Waals surface area contributed by atoms with Gasteiger partial charge in [0, 0.05) is 36.8 Å². The van der Waals surface area contributed by atoms with Crippen molar-refractivity contribution in [3.05, 3.63) is 29.8 Å². The first kappa shape index (κ1) is 17.3. The Hall–Kier alpha value is -1.10. The van der Waals surface area contributed by atoms with E-state index >= 15 is 0 Å². The molecule has 4 rings (SSSR count). The lowest BCUT2D eigenvalue weighted by Crippen LogP contribution is -2.44. The average molecular weight is 344 g/mol. The molecule has 1 saturated carbocycles. The van der Waals surface area contributed by atoms with Crippen LogP contribution in [-0.4, -0.2) is 43.6 Å². The molecule has 2 N–H and O–H groups in total. The topological polar surface area (TPSA) is 44.7 Å². The van der Waals surface area contributed by atoms with Crippen molar-refractivity contribution in [3.8, 4) is 0 Å². The normalized spacial score (nSPS) is 34.6. The molecule has 138 valence electrons. The number of para-hydroxylation sites is 1. The highest BCUT2D eigenvalue weighted by Crippen LogP contribution is 2.49. The van der Waals surface area contributed by atoms with Crippen LogP contribution in [0.5, 0.6) is 0 Å². The third kappa shape index (κ3) is 3.20. The first-order valence-corrected chi connectivity index (χ1v) is 10.0. The van der Waals surface area contributed by atoms with Gasteiger partial charge >= 0.3 is 0 Å². The van der Waals surface area contributed by atoms with Crippen molar-refractivity contribution < 1.29 is 9.84 Å². The molecule has 2 bridgehead atoms. The number of ether oxygens (including phenoxy) is 1. The van der Waals surface area contributed by atoms with E-state index in [1.165, 1.54) is 30.5 Å². The number of nitrogens with zero attached hydrogens (tertiary/aromatic N) is 1. The third-order valence-corrected chi connectivity index (χ3v) is 6.68. The number of aliphatic hydroxyl groups is 1. The minimum atomic E-state index is -0.0628. The number of nitrogens with one attached hydrogen (secondary N) is 1. The maximum absolute atomic E-state index is 9.82. The minimum Gasteiger partial charge on any atom is -0.396 e. The summed E-state index contributed by atoms with van der Waals surface area (Å²) < 4.78 is 6.28. The van der Waals surface area contributed by atoms with Gasteiger partial charge in [0.1, 0.15) is 0 Å². The monoisotopic (exact) mass is 344 g/mol. The standard InChI is InChI=1S/C21H32N2O2/c1-2-23-12-5-8-18(17-7-3-4-9-19(17)23)22-14-21-11-6-10-20(13-21,15-24)16-25-21/h3-4,7,9,18,22,24H,2,5-6,8,10-16H2,1H3. The average Bonchev–Trinajstić information content (AvgIpc) is 2.80. The van der Waals surface area contributed by atoms with Crippen LogP contribution in [0.2, 0.25) is 0 Å². The van der Waals surface area contributed by atoms with Gasteiger partial charge in [0.25, 0.3) is 0 Å². The number of hydrogen-bond acceptors (Lipinski definition) is 4. The van der Waals surface area contributed by atoms with Crippen molar-refractivity contribution in [2.45, 2.75) is 57.1 Å². The highest BCUT2D eigenvalue weighted by Gasteiger charge is 2.51. The van der Waals surface area contributed by atoms with E-state index in [4.69, 9.17) is 4.74 Å². The lowest BCUT2D eigenvalue weighted by Gasteiger charge is -2.37. The van der Waals surface area contributed by atoms with Crippen molar-refractivity contribution in [1.82, 2.24) is 5.32 Å². The van der Waals surface area contributed by atoms with Crippen LogP contribution in [0.3, 0.4) is 0 Å². The van der Waals surface area contributed by atoms with Gasteiger partial charge < -0.3 is 20.1 Å². The van der Waals surface area contributed by atoms with Gasteiger partial charge in [0.15, 0.2) is 0 Å². The zero-order valence-electron chi connectivity index (χ0n) is 15.5. The lowest BCUT2D eigenvalue weighted by atomic mass is 9.71. The first-order chi connectivity index (χ1) is 12.2. The smallest absolute Gasteiger partial charge is 0.0813 e. The van der Waals surface area contributed by atoms with E-state index in [0.29, 0.717) is 6.04 Å². The van der Waals surface area contributed by atoms with Crippen LogP contribution in [0.4, 0.5) is 5.69 Å². The molecular weight excluding hydrogens is 312 g/mol. The molecule has 1 aromatic rings. The maximum Gasteiger partial charge on any atom is 0.0813 e. The Morgan fingerprint density at radius 3 is 3.00 bits per heavy atom. The molecular formula is C21H32N2O2. The second-order valence-electron chi connectivity index (χ2n) is 8.37. The van der Waals surface area contributed by atoms with Crippen molar-refractivity contribution in [2.75, 3.05) is 37.7 Å². The van der Waals surface area contributed by atoms with Gasteiger partial charge in [-0.25, -0.2) is 0 Å². The molecule has 2 aliphatic heterocycles. The summed E-state index contributed by atoms with van der Waals surface area (Å²) in [5.74, 6) is 0. The van der Waals surface area contributed by atoms with E-state index in [9.17, 15) is 5.11 Å². The molecule has 3 atom stereocenters. The SMILES string of the molecule is CCN1CCCC(NCC23CCCC(CO)(CO2)C3)c2ccccc21. The number of hydrogen-bond donors (Lipinski definition) is 2. The van der Waals surface area contributed by atoms with Crippen molar-refractivity contribution in [1.29, 1.82) is 0 Å². The number of fused-ring (bicyclic) bond motifs is 3. The van der Waals surface area contributed by atoms with Crippen LogP contribution in [-0.2, 0) is 4.74 Å². The summed E-state index contributed by atoms with van der Waals surface area (Å²) in [6, 6.07) is 9.26. The fourth-order valence-electron chi connectivity index (χ4n) is 5.26. The molecule has 0 aromatic heterocycles. The molecule has 0 radical (unpaired) electrons. The molecule has 25 heavy (non-hydrogen) atoms. The second-order valence-corrected chi connectivity index (χ2v) is 8.37. The predicted octanol–water partition coefficient (Wildman–Crippen LogP) is 3.26. The Morgan fingerprint density at radius 2 is 2.16 bits per heavy atom. The largest absolute Gasteiger partial charge is 0.396 e. The van der Waals surface area contributed by atoms with Gasteiger partial charge in [-0.2, -0.15) is 0 Å². The van der Waals surface area contributed by atoms with Crippen LogP contribution in [0.25, 0.3) is 0 Å². The van der Waals surface area contributed by atoms with Crippen molar-refractivity contribution in [3.63, 3.8) is 0 Å². The van der Waals surface area contributed by atoms with Crippen LogP contribution in [0.1, 0.15) is 57.1 Å². The summed E-state index contributed by atoms with van der Waals surface area (Å²) in [5, 5.41) is 13.7. The summed E-state index contributed by atoms with van der Waals surface area (Å²) in [6.07, 6.45) is 6.82. The van der Waals surface area contributed by atoms with Gasteiger partial charge in [-0.05, 0) is 57.1 Å². The Morgan fingerprint density at radius 1 is 1.28 bits per heavy atom. The van der Waals surface area contributed by atoms with Gasteiger partial charge in [-0.15, -0.1) is 0 Å². The summed E-state index contributed by atoms with van der Waals surface area (Å²) in [5.41, 5.74) is 2.78. The Balaban J connectivity index is 1.49. The second kappa shape index (κ2) is 6.90. The van der Waals surface area contributed by atoms with Crippen molar-refractivity contribution in [2.24, 2.45) is 5.41 Å². The van der Waals surface area contributed by atoms with Crippen LogP contribution in [0, 0.1) is 5.41 Å². The zero-order chi connectivity index (χ0) is 17.3. The van der Waals surface area contributed by atoms with Gasteiger partial charge in [-0.3, -0.25) is 0 Å². The minimum absolute atomic E-state index is 0.0281. The Labute approximate surface area is 151 Å². The quantitative estimate of drug-likeness (QED) is 0.861. The van der Waals surface area contributed by atoms with E-state index in [1.807, 2.05) is 0 Å².